The van der Waals surface area contributed by atoms with E-state index in [-0.39, 0.29) is 11.1 Å². The number of carboxylic acids is 1. The SMILES string of the molecule is CCCc1c(O)c(=O)oc2c(C(=O)O)cccc12. The first-order valence-electron chi connectivity index (χ1n) is 5.57. The lowest BCUT2D eigenvalue weighted by molar-refractivity contribution is 0.0697. The number of carbonyl (C=O) groups is 1. The van der Waals surface area contributed by atoms with E-state index in [4.69, 9.17) is 9.52 Å². The van der Waals surface area contributed by atoms with Crippen LogP contribution in [-0.2, 0) is 6.42 Å². The molecule has 0 amide bonds. The van der Waals surface area contributed by atoms with Crippen LogP contribution < -0.4 is 5.63 Å². The lowest BCUT2D eigenvalue weighted by atomic mass is 10.0. The van der Waals surface area contributed by atoms with Gasteiger partial charge >= 0.3 is 11.6 Å². The number of benzene rings is 1. The van der Waals surface area contributed by atoms with E-state index in [2.05, 4.69) is 0 Å². The van der Waals surface area contributed by atoms with Gasteiger partial charge < -0.3 is 14.6 Å². The average Bonchev–Trinajstić information content (AvgIpc) is 2.34. The van der Waals surface area contributed by atoms with Crippen LogP contribution in [0, 0.1) is 0 Å². The Labute approximate surface area is 102 Å². The van der Waals surface area contributed by atoms with Crippen molar-refractivity contribution in [1.82, 2.24) is 0 Å². The lowest BCUT2D eigenvalue weighted by Crippen LogP contribution is -2.06. The highest BCUT2D eigenvalue weighted by molar-refractivity contribution is 6.01. The molecule has 0 saturated heterocycles. The zero-order valence-corrected chi connectivity index (χ0v) is 9.77. The van der Waals surface area contributed by atoms with Crippen LogP contribution in [0.3, 0.4) is 0 Å². The van der Waals surface area contributed by atoms with Crippen molar-refractivity contribution < 1.29 is 19.4 Å². The van der Waals surface area contributed by atoms with Crippen molar-refractivity contribution in [3.63, 3.8) is 0 Å². The van der Waals surface area contributed by atoms with Gasteiger partial charge in [-0.15, -0.1) is 0 Å². The van der Waals surface area contributed by atoms with Crippen molar-refractivity contribution in [1.29, 1.82) is 0 Å². The van der Waals surface area contributed by atoms with Gasteiger partial charge in [-0.25, -0.2) is 9.59 Å². The zero-order valence-electron chi connectivity index (χ0n) is 9.77. The molecule has 94 valence electrons. The maximum absolute atomic E-state index is 11.5. The Morgan fingerprint density at radius 1 is 1.39 bits per heavy atom. The third kappa shape index (κ3) is 1.84. The number of hydrogen-bond acceptors (Lipinski definition) is 4. The second-order valence-corrected chi connectivity index (χ2v) is 3.95. The Kier molecular flexibility index (Phi) is 3.06. The van der Waals surface area contributed by atoms with E-state index in [0.717, 1.165) is 6.42 Å². The minimum atomic E-state index is -1.17. The number of aromatic hydroxyl groups is 1. The molecule has 1 aromatic heterocycles. The molecule has 2 rings (SSSR count). The van der Waals surface area contributed by atoms with Crippen LogP contribution >= 0.6 is 0 Å². The molecule has 0 aliphatic carbocycles. The van der Waals surface area contributed by atoms with Gasteiger partial charge in [-0.05, 0) is 12.5 Å². The number of aromatic carboxylic acids is 1. The number of aryl methyl sites for hydroxylation is 1. The van der Waals surface area contributed by atoms with Crippen molar-refractivity contribution in [3.05, 3.63) is 39.7 Å². The second kappa shape index (κ2) is 4.52. The van der Waals surface area contributed by atoms with Gasteiger partial charge in [0.25, 0.3) is 0 Å². The summed E-state index contributed by atoms with van der Waals surface area (Å²) in [5.41, 5.74) is -0.537. The molecule has 0 spiro atoms. The minimum Gasteiger partial charge on any atom is -0.502 e. The van der Waals surface area contributed by atoms with Gasteiger partial charge in [0.05, 0.1) is 0 Å². The summed E-state index contributed by atoms with van der Waals surface area (Å²) in [6, 6.07) is 4.56. The Balaban J connectivity index is 2.91. The molecule has 0 unspecified atom stereocenters. The standard InChI is InChI=1S/C13H12O5/c1-2-4-7-8-5-3-6-9(12(15)16)11(8)18-13(17)10(7)14/h3,5-6,14H,2,4H2,1H3,(H,15,16). The van der Waals surface area contributed by atoms with Gasteiger partial charge in [0.15, 0.2) is 5.58 Å². The molecule has 0 bridgehead atoms. The van der Waals surface area contributed by atoms with Gasteiger partial charge in [-0.3, -0.25) is 0 Å². The first-order valence-corrected chi connectivity index (χ1v) is 5.57. The molecule has 0 radical (unpaired) electrons. The van der Waals surface area contributed by atoms with Gasteiger partial charge in [-0.1, -0.05) is 25.5 Å². The Morgan fingerprint density at radius 2 is 2.11 bits per heavy atom. The van der Waals surface area contributed by atoms with E-state index in [1.165, 1.54) is 6.07 Å². The summed E-state index contributed by atoms with van der Waals surface area (Å²) in [7, 11) is 0. The molecule has 0 aliphatic rings. The van der Waals surface area contributed by atoms with Crippen LogP contribution in [0.5, 0.6) is 5.75 Å². The summed E-state index contributed by atoms with van der Waals surface area (Å²) in [4.78, 5) is 22.5. The molecule has 2 aromatic rings. The first kappa shape index (κ1) is 12.2. The Morgan fingerprint density at radius 3 is 2.72 bits per heavy atom. The third-order valence-corrected chi connectivity index (χ3v) is 2.74. The minimum absolute atomic E-state index is 0.0104. The van der Waals surface area contributed by atoms with E-state index in [1.54, 1.807) is 12.1 Å². The summed E-state index contributed by atoms with van der Waals surface area (Å²) < 4.78 is 4.89. The van der Waals surface area contributed by atoms with Crippen LogP contribution in [0.15, 0.2) is 27.4 Å². The molecular weight excluding hydrogens is 236 g/mol. The first-order chi connectivity index (χ1) is 8.56. The zero-order chi connectivity index (χ0) is 13.3. The normalized spacial score (nSPS) is 10.7. The fourth-order valence-electron chi connectivity index (χ4n) is 1.95. The predicted octanol–water partition coefficient (Wildman–Crippen LogP) is 2.15. The topological polar surface area (TPSA) is 87.7 Å². The van der Waals surface area contributed by atoms with E-state index >= 15 is 0 Å². The predicted molar refractivity (Wildman–Crippen MR) is 65.1 cm³/mol. The number of fused-ring (bicyclic) bond motifs is 1. The third-order valence-electron chi connectivity index (χ3n) is 2.74. The summed E-state index contributed by atoms with van der Waals surface area (Å²) >= 11 is 0. The van der Waals surface area contributed by atoms with Crippen LogP contribution in [0.2, 0.25) is 0 Å². The summed E-state index contributed by atoms with van der Waals surface area (Å²) in [5.74, 6) is -1.61. The molecule has 1 heterocycles. The van der Waals surface area contributed by atoms with E-state index < -0.39 is 17.3 Å². The molecule has 5 heteroatoms. The maximum Gasteiger partial charge on any atom is 0.379 e. The summed E-state index contributed by atoms with van der Waals surface area (Å²) in [6.45, 7) is 1.90. The van der Waals surface area contributed by atoms with Crippen LogP contribution in [0.1, 0.15) is 29.3 Å². The van der Waals surface area contributed by atoms with Crippen LogP contribution in [-0.4, -0.2) is 16.2 Å². The smallest absolute Gasteiger partial charge is 0.379 e. The average molecular weight is 248 g/mol. The van der Waals surface area contributed by atoms with Gasteiger partial charge in [0.2, 0.25) is 5.75 Å². The fraction of sp³-hybridized carbons (Fsp3) is 0.231. The van der Waals surface area contributed by atoms with E-state index in [9.17, 15) is 14.7 Å². The van der Waals surface area contributed by atoms with Crippen molar-refractivity contribution in [2.45, 2.75) is 19.8 Å². The number of hydrogen-bond donors (Lipinski definition) is 2. The molecule has 0 fully saturated rings. The van der Waals surface area contributed by atoms with Crippen LogP contribution in [0.4, 0.5) is 0 Å². The van der Waals surface area contributed by atoms with E-state index in [0.29, 0.717) is 17.4 Å². The molecule has 0 saturated carbocycles. The number of carboxylic acid groups (broad SMARTS) is 1. The number of para-hydroxylation sites is 1. The highest BCUT2D eigenvalue weighted by Gasteiger charge is 2.17. The highest BCUT2D eigenvalue weighted by atomic mass is 16.4. The number of rotatable bonds is 3. The van der Waals surface area contributed by atoms with Gasteiger partial charge in [0, 0.05) is 10.9 Å². The maximum atomic E-state index is 11.5. The fourth-order valence-corrected chi connectivity index (χ4v) is 1.95. The van der Waals surface area contributed by atoms with Crippen molar-refractivity contribution in [2.75, 3.05) is 0 Å². The molecule has 2 N–H and O–H groups in total. The van der Waals surface area contributed by atoms with Gasteiger partial charge in [0.1, 0.15) is 5.56 Å². The Hall–Kier alpha value is -2.30. The second-order valence-electron chi connectivity index (χ2n) is 3.95. The quantitative estimate of drug-likeness (QED) is 0.812. The molecule has 1 aromatic carbocycles. The van der Waals surface area contributed by atoms with Gasteiger partial charge in [-0.2, -0.15) is 0 Å². The molecular formula is C13H12O5. The monoisotopic (exact) mass is 248 g/mol. The largest absolute Gasteiger partial charge is 0.502 e. The molecule has 0 atom stereocenters. The summed E-state index contributed by atoms with van der Waals surface area (Å²) in [6.07, 6.45) is 1.21. The molecule has 5 nitrogen and oxygen atoms in total. The molecule has 0 aliphatic heterocycles. The van der Waals surface area contributed by atoms with Crippen molar-refractivity contribution in [3.8, 4) is 5.75 Å². The van der Waals surface area contributed by atoms with E-state index in [1.807, 2.05) is 6.92 Å². The van der Waals surface area contributed by atoms with Crippen molar-refractivity contribution >= 4 is 16.9 Å². The van der Waals surface area contributed by atoms with Crippen molar-refractivity contribution in [2.24, 2.45) is 0 Å². The molecule has 18 heavy (non-hydrogen) atoms. The Bertz CT molecular complexity index is 669. The highest BCUT2D eigenvalue weighted by Crippen LogP contribution is 2.27. The van der Waals surface area contributed by atoms with Crippen LogP contribution in [0.25, 0.3) is 11.0 Å². The summed E-state index contributed by atoms with van der Waals surface area (Å²) in [5, 5.41) is 19.2. The lowest BCUT2D eigenvalue weighted by Gasteiger charge is -2.07.